The van der Waals surface area contributed by atoms with Crippen LogP contribution in [0.5, 0.6) is 0 Å². The van der Waals surface area contributed by atoms with Crippen molar-refractivity contribution in [1.29, 1.82) is 0 Å². The third-order valence-corrected chi connectivity index (χ3v) is 3.00. The normalized spacial score (nSPS) is 11.9. The van der Waals surface area contributed by atoms with Crippen molar-refractivity contribution in [2.45, 2.75) is 32.7 Å². The Morgan fingerprint density at radius 1 is 1.53 bits per heavy atom. The number of nitrogens with zero attached hydrogens (tertiary/aromatic N) is 3. The molecule has 0 saturated heterocycles. The van der Waals surface area contributed by atoms with E-state index in [1.165, 1.54) is 0 Å². The topological polar surface area (TPSA) is 74.7 Å². The van der Waals surface area contributed by atoms with E-state index in [4.69, 9.17) is 10.9 Å². The Balaban J connectivity index is 2.99. The minimum Gasteiger partial charge on any atom is -0.409 e. The summed E-state index contributed by atoms with van der Waals surface area (Å²) in [4.78, 5) is 6.43. The summed E-state index contributed by atoms with van der Waals surface area (Å²) in [5, 5.41) is 11.6. The van der Waals surface area contributed by atoms with E-state index in [0.717, 1.165) is 18.7 Å². The molecule has 5 nitrogen and oxygen atoms in total. The van der Waals surface area contributed by atoms with Crippen LogP contribution in [-0.4, -0.2) is 29.1 Å². The second-order valence-electron chi connectivity index (χ2n) is 3.97. The van der Waals surface area contributed by atoms with Crippen LogP contribution in [0.4, 0.5) is 5.82 Å². The number of anilines is 1. The molecule has 0 bridgehead atoms. The van der Waals surface area contributed by atoms with Crippen molar-refractivity contribution in [2.24, 2.45) is 10.9 Å². The maximum absolute atomic E-state index is 8.65. The van der Waals surface area contributed by atoms with Gasteiger partial charge in [0.25, 0.3) is 0 Å². The van der Waals surface area contributed by atoms with Crippen molar-refractivity contribution in [3.8, 4) is 0 Å². The van der Waals surface area contributed by atoms with Gasteiger partial charge in [-0.15, -0.1) is 0 Å². The molecular formula is C12H20N4O. The first-order valence-electron chi connectivity index (χ1n) is 5.80. The van der Waals surface area contributed by atoms with Crippen LogP contribution in [0.25, 0.3) is 0 Å². The molecule has 0 unspecified atom stereocenters. The Morgan fingerprint density at radius 2 is 2.18 bits per heavy atom. The first-order valence-corrected chi connectivity index (χ1v) is 5.80. The molecule has 1 rings (SSSR count). The number of aromatic nitrogens is 1. The van der Waals surface area contributed by atoms with Gasteiger partial charge >= 0.3 is 0 Å². The summed E-state index contributed by atoms with van der Waals surface area (Å²) in [5.41, 5.74) is 6.23. The van der Waals surface area contributed by atoms with E-state index in [2.05, 4.69) is 28.9 Å². The molecular weight excluding hydrogens is 216 g/mol. The smallest absolute Gasteiger partial charge is 0.170 e. The highest BCUT2D eigenvalue weighted by Gasteiger charge is 2.13. The lowest BCUT2D eigenvalue weighted by atomic mass is 10.1. The highest BCUT2D eigenvalue weighted by molar-refractivity contribution is 5.97. The molecule has 0 aliphatic rings. The highest BCUT2D eigenvalue weighted by Crippen LogP contribution is 2.17. The Labute approximate surface area is 102 Å². The van der Waals surface area contributed by atoms with Gasteiger partial charge < -0.3 is 15.8 Å². The number of hydrogen-bond acceptors (Lipinski definition) is 4. The lowest BCUT2D eigenvalue weighted by Gasteiger charge is -2.27. The molecule has 0 fully saturated rings. The molecule has 0 radical (unpaired) electrons. The average molecular weight is 236 g/mol. The van der Waals surface area contributed by atoms with Gasteiger partial charge in [0.05, 0.1) is 0 Å². The van der Waals surface area contributed by atoms with Crippen LogP contribution in [0.15, 0.2) is 23.5 Å². The summed E-state index contributed by atoms with van der Waals surface area (Å²) in [6.07, 6.45) is 3.78. The van der Waals surface area contributed by atoms with Crippen LogP contribution in [0.3, 0.4) is 0 Å². The van der Waals surface area contributed by atoms with Crippen LogP contribution in [0.2, 0.25) is 0 Å². The average Bonchev–Trinajstić information content (AvgIpc) is 2.39. The lowest BCUT2D eigenvalue weighted by molar-refractivity contribution is 0.318. The van der Waals surface area contributed by atoms with E-state index in [-0.39, 0.29) is 5.84 Å². The molecule has 0 aromatic carbocycles. The summed E-state index contributed by atoms with van der Waals surface area (Å²) < 4.78 is 0. The first kappa shape index (κ1) is 13.3. The number of oxime groups is 1. The number of amidine groups is 1. The Bertz CT molecular complexity index is 388. The third-order valence-electron chi connectivity index (χ3n) is 3.00. The number of hydrogen-bond donors (Lipinski definition) is 2. The molecule has 17 heavy (non-hydrogen) atoms. The maximum Gasteiger partial charge on any atom is 0.170 e. The van der Waals surface area contributed by atoms with Crippen LogP contribution in [0, 0.1) is 0 Å². The first-order chi connectivity index (χ1) is 8.13. The molecule has 0 saturated carbocycles. The SMILES string of the molecule is CCC(CC)N(C)c1cc(/C(N)=N/O)ccn1. The van der Waals surface area contributed by atoms with E-state index in [9.17, 15) is 0 Å². The molecule has 0 aliphatic heterocycles. The fourth-order valence-corrected chi connectivity index (χ4v) is 1.85. The molecule has 1 aromatic rings. The molecule has 5 heteroatoms. The van der Waals surface area contributed by atoms with Crippen molar-refractivity contribution in [1.82, 2.24) is 4.98 Å². The van der Waals surface area contributed by atoms with E-state index in [0.29, 0.717) is 11.6 Å². The van der Waals surface area contributed by atoms with E-state index < -0.39 is 0 Å². The van der Waals surface area contributed by atoms with Crippen LogP contribution >= 0.6 is 0 Å². The Morgan fingerprint density at radius 3 is 2.71 bits per heavy atom. The second-order valence-corrected chi connectivity index (χ2v) is 3.97. The van der Waals surface area contributed by atoms with Gasteiger partial charge in [-0.2, -0.15) is 0 Å². The van der Waals surface area contributed by atoms with E-state index >= 15 is 0 Å². The van der Waals surface area contributed by atoms with Gasteiger partial charge in [0, 0.05) is 24.8 Å². The van der Waals surface area contributed by atoms with Crippen LogP contribution in [0.1, 0.15) is 32.3 Å². The molecule has 94 valence electrons. The van der Waals surface area contributed by atoms with Crippen molar-refractivity contribution in [3.05, 3.63) is 23.9 Å². The fourth-order valence-electron chi connectivity index (χ4n) is 1.85. The molecule has 0 atom stereocenters. The summed E-state index contributed by atoms with van der Waals surface area (Å²) >= 11 is 0. The zero-order chi connectivity index (χ0) is 12.8. The van der Waals surface area contributed by atoms with Gasteiger partial charge in [0.2, 0.25) is 0 Å². The zero-order valence-corrected chi connectivity index (χ0v) is 10.6. The van der Waals surface area contributed by atoms with Gasteiger partial charge in [-0.3, -0.25) is 0 Å². The summed E-state index contributed by atoms with van der Waals surface area (Å²) in [6, 6.07) is 4.00. The molecule has 0 aliphatic carbocycles. The van der Waals surface area contributed by atoms with Gasteiger partial charge in [-0.1, -0.05) is 19.0 Å². The van der Waals surface area contributed by atoms with Crippen molar-refractivity contribution >= 4 is 11.7 Å². The molecule has 1 heterocycles. The quantitative estimate of drug-likeness (QED) is 0.354. The largest absolute Gasteiger partial charge is 0.409 e. The Hall–Kier alpha value is -1.78. The fraction of sp³-hybridized carbons (Fsp3) is 0.500. The molecule has 3 N–H and O–H groups in total. The summed E-state index contributed by atoms with van der Waals surface area (Å²) in [6.45, 7) is 4.30. The number of pyridine rings is 1. The summed E-state index contributed by atoms with van der Waals surface area (Å²) in [7, 11) is 2.01. The minimum absolute atomic E-state index is 0.103. The maximum atomic E-state index is 8.65. The minimum atomic E-state index is 0.103. The van der Waals surface area contributed by atoms with E-state index in [1.807, 2.05) is 13.1 Å². The van der Waals surface area contributed by atoms with Gasteiger partial charge in [-0.25, -0.2) is 4.98 Å². The lowest BCUT2D eigenvalue weighted by Crippen LogP contribution is -2.31. The van der Waals surface area contributed by atoms with Crippen LogP contribution < -0.4 is 10.6 Å². The van der Waals surface area contributed by atoms with Crippen molar-refractivity contribution < 1.29 is 5.21 Å². The highest BCUT2D eigenvalue weighted by atomic mass is 16.4. The molecule has 1 aromatic heterocycles. The van der Waals surface area contributed by atoms with Crippen molar-refractivity contribution in [2.75, 3.05) is 11.9 Å². The van der Waals surface area contributed by atoms with Gasteiger partial charge in [0.1, 0.15) is 5.82 Å². The zero-order valence-electron chi connectivity index (χ0n) is 10.6. The van der Waals surface area contributed by atoms with Gasteiger partial charge in [-0.05, 0) is 25.0 Å². The Kier molecular flexibility index (Phi) is 4.75. The predicted molar refractivity (Wildman–Crippen MR) is 69.5 cm³/mol. The monoisotopic (exact) mass is 236 g/mol. The number of nitrogens with two attached hydrogens (primary N) is 1. The summed E-state index contributed by atoms with van der Waals surface area (Å²) in [5.74, 6) is 0.939. The third kappa shape index (κ3) is 3.09. The molecule has 0 spiro atoms. The second kappa shape index (κ2) is 6.08. The van der Waals surface area contributed by atoms with Crippen LogP contribution in [-0.2, 0) is 0 Å². The number of rotatable bonds is 5. The van der Waals surface area contributed by atoms with Crippen molar-refractivity contribution in [3.63, 3.8) is 0 Å². The molecule has 0 amide bonds. The predicted octanol–water partition coefficient (Wildman–Crippen LogP) is 1.80. The van der Waals surface area contributed by atoms with E-state index in [1.54, 1.807) is 12.3 Å². The van der Waals surface area contributed by atoms with Gasteiger partial charge in [0.15, 0.2) is 5.84 Å². The standard InChI is InChI=1S/C12H20N4O/c1-4-10(5-2)16(3)11-8-9(6-7-14-11)12(13)15-17/h6-8,10,17H,4-5H2,1-3H3,(H2,13,15).